The van der Waals surface area contributed by atoms with E-state index < -0.39 is 5.60 Å². The van der Waals surface area contributed by atoms with E-state index in [1.54, 1.807) is 6.20 Å². The summed E-state index contributed by atoms with van der Waals surface area (Å²) >= 11 is 6.28. The standard InChI is InChI=1S/C21H26ClN3O2/c22-16-6-18(17-10-23-24-19(17)7-16)21(27)8-14-11-25(12-15(14)9-21)20(26)13-4-2-1-3-5-13/h6-7,10,13-15,27H,1-5,8-9,11-12H2,(H,23,24)/t14-,15+,21-. The lowest BCUT2D eigenvalue weighted by molar-refractivity contribution is -0.136. The lowest BCUT2D eigenvalue weighted by atomic mass is 9.87. The number of benzene rings is 1. The number of carbonyl (C=O) groups excluding carboxylic acids is 1. The number of aromatic amines is 1. The van der Waals surface area contributed by atoms with Crippen molar-refractivity contribution in [3.8, 4) is 0 Å². The molecule has 3 aliphatic rings. The third-order valence-corrected chi connectivity index (χ3v) is 7.29. The normalized spacial score (nSPS) is 31.6. The van der Waals surface area contributed by atoms with Crippen LogP contribution >= 0.6 is 11.6 Å². The summed E-state index contributed by atoms with van der Waals surface area (Å²) in [6.07, 6.45) is 8.89. The predicted octanol–water partition coefficient (Wildman–Crippen LogP) is 3.85. The van der Waals surface area contributed by atoms with Gasteiger partial charge >= 0.3 is 0 Å². The maximum atomic E-state index is 12.9. The molecule has 2 aliphatic carbocycles. The van der Waals surface area contributed by atoms with Crippen LogP contribution in [0.5, 0.6) is 0 Å². The summed E-state index contributed by atoms with van der Waals surface area (Å²) in [4.78, 5) is 15.0. The van der Waals surface area contributed by atoms with Gasteiger partial charge in [0.2, 0.25) is 5.91 Å². The van der Waals surface area contributed by atoms with Gasteiger partial charge in [0.05, 0.1) is 17.3 Å². The van der Waals surface area contributed by atoms with Crippen LogP contribution in [-0.4, -0.2) is 39.2 Å². The number of likely N-dealkylation sites (tertiary alicyclic amines) is 1. The number of hydrogen-bond acceptors (Lipinski definition) is 3. The first-order chi connectivity index (χ1) is 13.0. The molecule has 0 bridgehead atoms. The number of nitrogens with zero attached hydrogens (tertiary/aromatic N) is 2. The molecule has 3 atom stereocenters. The number of nitrogens with one attached hydrogen (secondary N) is 1. The van der Waals surface area contributed by atoms with Crippen molar-refractivity contribution in [1.82, 2.24) is 15.1 Å². The van der Waals surface area contributed by atoms with Crippen molar-refractivity contribution in [2.24, 2.45) is 17.8 Å². The zero-order chi connectivity index (χ0) is 18.6. The van der Waals surface area contributed by atoms with Gasteiger partial charge in [-0.2, -0.15) is 5.10 Å². The van der Waals surface area contributed by atoms with Crippen LogP contribution in [0.2, 0.25) is 5.02 Å². The Morgan fingerprint density at radius 2 is 1.89 bits per heavy atom. The summed E-state index contributed by atoms with van der Waals surface area (Å²) in [5.41, 5.74) is 0.845. The van der Waals surface area contributed by atoms with Crippen molar-refractivity contribution in [2.75, 3.05) is 13.1 Å². The largest absolute Gasteiger partial charge is 0.385 e. The van der Waals surface area contributed by atoms with Gasteiger partial charge in [-0.15, -0.1) is 0 Å². The van der Waals surface area contributed by atoms with Crippen LogP contribution in [0.15, 0.2) is 18.3 Å². The van der Waals surface area contributed by atoms with Gasteiger partial charge in [0, 0.05) is 29.4 Å². The third-order valence-electron chi connectivity index (χ3n) is 7.07. The Kier molecular flexibility index (Phi) is 4.21. The average molecular weight is 388 g/mol. The molecule has 5 nitrogen and oxygen atoms in total. The number of H-pyrrole nitrogens is 1. The number of rotatable bonds is 2. The van der Waals surface area contributed by atoms with E-state index in [4.69, 9.17) is 11.6 Å². The van der Waals surface area contributed by atoms with Crippen molar-refractivity contribution in [1.29, 1.82) is 0 Å². The Bertz CT molecular complexity index is 859. The van der Waals surface area contributed by atoms with E-state index in [1.807, 2.05) is 12.1 Å². The van der Waals surface area contributed by atoms with Crippen LogP contribution in [0.3, 0.4) is 0 Å². The highest BCUT2D eigenvalue weighted by molar-refractivity contribution is 6.31. The number of amides is 1. The maximum Gasteiger partial charge on any atom is 0.225 e. The van der Waals surface area contributed by atoms with Crippen molar-refractivity contribution in [3.63, 3.8) is 0 Å². The van der Waals surface area contributed by atoms with Gasteiger partial charge in [-0.05, 0) is 55.2 Å². The molecule has 1 saturated heterocycles. The minimum Gasteiger partial charge on any atom is -0.385 e. The Labute approximate surface area is 164 Å². The predicted molar refractivity (Wildman–Crippen MR) is 104 cm³/mol. The summed E-state index contributed by atoms with van der Waals surface area (Å²) < 4.78 is 0. The van der Waals surface area contributed by atoms with Crippen LogP contribution < -0.4 is 0 Å². The van der Waals surface area contributed by atoms with E-state index in [0.29, 0.717) is 35.6 Å². The summed E-state index contributed by atoms with van der Waals surface area (Å²) in [6.45, 7) is 1.58. The van der Waals surface area contributed by atoms with Crippen LogP contribution in [-0.2, 0) is 10.4 Å². The quantitative estimate of drug-likeness (QED) is 0.822. The lowest BCUT2D eigenvalue weighted by Crippen LogP contribution is -2.37. The fraction of sp³-hybridized carbons (Fsp3) is 0.619. The number of halogens is 1. The summed E-state index contributed by atoms with van der Waals surface area (Å²) in [5.74, 6) is 1.31. The number of hydrogen-bond donors (Lipinski definition) is 2. The van der Waals surface area contributed by atoms with Crippen LogP contribution in [0.4, 0.5) is 0 Å². The first kappa shape index (κ1) is 17.5. The fourth-order valence-electron chi connectivity index (χ4n) is 5.76. The van der Waals surface area contributed by atoms with Crippen LogP contribution in [0, 0.1) is 17.8 Å². The first-order valence-corrected chi connectivity index (χ1v) is 10.6. The fourth-order valence-corrected chi connectivity index (χ4v) is 5.98. The number of fused-ring (bicyclic) bond motifs is 2. The number of aliphatic hydroxyl groups is 1. The molecule has 1 aromatic heterocycles. The summed E-state index contributed by atoms with van der Waals surface area (Å²) in [6, 6.07) is 3.72. The van der Waals surface area contributed by atoms with E-state index in [0.717, 1.165) is 42.4 Å². The third kappa shape index (κ3) is 2.95. The first-order valence-electron chi connectivity index (χ1n) is 10.2. The Balaban J connectivity index is 1.34. The number of carbonyl (C=O) groups is 1. The summed E-state index contributed by atoms with van der Waals surface area (Å²) in [7, 11) is 0. The van der Waals surface area contributed by atoms with Crippen molar-refractivity contribution in [3.05, 3.63) is 28.9 Å². The van der Waals surface area contributed by atoms with Gasteiger partial charge < -0.3 is 10.0 Å². The van der Waals surface area contributed by atoms with E-state index in [2.05, 4.69) is 15.1 Å². The molecule has 5 rings (SSSR count). The van der Waals surface area contributed by atoms with E-state index in [1.165, 1.54) is 19.3 Å². The average Bonchev–Trinajstić information content (AvgIpc) is 3.34. The Morgan fingerprint density at radius 3 is 2.59 bits per heavy atom. The number of aromatic nitrogens is 2. The molecule has 1 aliphatic heterocycles. The van der Waals surface area contributed by atoms with Crippen LogP contribution in [0.1, 0.15) is 50.5 Å². The molecule has 1 amide bonds. The molecule has 0 spiro atoms. The molecule has 6 heteroatoms. The smallest absolute Gasteiger partial charge is 0.225 e. The second kappa shape index (κ2) is 6.49. The summed E-state index contributed by atoms with van der Waals surface area (Å²) in [5, 5.41) is 20.1. The highest BCUT2D eigenvalue weighted by Crippen LogP contribution is 2.51. The van der Waals surface area contributed by atoms with Gasteiger partial charge in [0.25, 0.3) is 0 Å². The second-order valence-corrected chi connectivity index (χ2v) is 9.26. The zero-order valence-electron chi connectivity index (χ0n) is 15.5. The van der Waals surface area contributed by atoms with Gasteiger partial charge in [-0.1, -0.05) is 30.9 Å². The molecule has 144 valence electrons. The molecule has 3 fully saturated rings. The second-order valence-electron chi connectivity index (χ2n) is 8.82. The minimum atomic E-state index is -0.887. The SMILES string of the molecule is O=C(C1CCCCC1)N1C[C@@H]2C[C@@](O)(c3cc(Cl)cc4[nH]ncc34)C[C@@H]2C1. The molecular weight excluding hydrogens is 362 g/mol. The zero-order valence-corrected chi connectivity index (χ0v) is 16.2. The van der Waals surface area contributed by atoms with Gasteiger partial charge in [0.1, 0.15) is 0 Å². The lowest BCUT2D eigenvalue weighted by Gasteiger charge is -2.29. The van der Waals surface area contributed by atoms with Gasteiger partial charge in [-0.3, -0.25) is 9.89 Å². The molecule has 0 unspecified atom stereocenters. The van der Waals surface area contributed by atoms with Gasteiger partial charge in [-0.25, -0.2) is 0 Å². The van der Waals surface area contributed by atoms with Crippen molar-refractivity contribution >= 4 is 28.4 Å². The minimum absolute atomic E-state index is 0.231. The molecule has 2 heterocycles. The van der Waals surface area contributed by atoms with E-state index in [-0.39, 0.29) is 5.92 Å². The molecule has 2 aromatic rings. The van der Waals surface area contributed by atoms with Crippen molar-refractivity contribution < 1.29 is 9.90 Å². The maximum absolute atomic E-state index is 12.9. The highest BCUT2D eigenvalue weighted by atomic mass is 35.5. The highest BCUT2D eigenvalue weighted by Gasteiger charge is 2.51. The molecular formula is C21H26ClN3O2. The molecule has 2 N–H and O–H groups in total. The Hall–Kier alpha value is -1.59. The molecule has 2 saturated carbocycles. The van der Waals surface area contributed by atoms with Gasteiger partial charge in [0.15, 0.2) is 0 Å². The molecule has 1 aromatic carbocycles. The van der Waals surface area contributed by atoms with Crippen LogP contribution in [0.25, 0.3) is 10.9 Å². The Morgan fingerprint density at radius 1 is 1.19 bits per heavy atom. The van der Waals surface area contributed by atoms with Crippen molar-refractivity contribution in [2.45, 2.75) is 50.5 Å². The molecule has 0 radical (unpaired) electrons. The van der Waals surface area contributed by atoms with E-state index >= 15 is 0 Å². The van der Waals surface area contributed by atoms with E-state index in [9.17, 15) is 9.90 Å². The molecule has 27 heavy (non-hydrogen) atoms. The topological polar surface area (TPSA) is 69.2 Å². The monoisotopic (exact) mass is 387 g/mol.